The zero-order chi connectivity index (χ0) is 17.0. The smallest absolute Gasteiger partial charge is 0.416 e. The summed E-state index contributed by atoms with van der Waals surface area (Å²) in [5.41, 5.74) is -0.496. The zero-order valence-corrected chi connectivity index (χ0v) is 11.9. The first kappa shape index (κ1) is 16.8. The second-order valence-corrected chi connectivity index (χ2v) is 4.56. The fraction of sp³-hybridized carbons (Fsp3) is 0.286. The van der Waals surface area contributed by atoms with E-state index in [0.29, 0.717) is 5.56 Å². The van der Waals surface area contributed by atoms with E-state index in [1.165, 1.54) is 25.3 Å². The molecule has 1 heterocycles. The number of carbonyl (C=O) groups excluding carboxylic acids is 1. The van der Waals surface area contributed by atoms with Gasteiger partial charge in [-0.2, -0.15) is 13.2 Å². The number of ether oxygens (including phenoxy) is 1. The van der Waals surface area contributed by atoms with Crippen LogP contribution in [-0.2, 0) is 6.18 Å². The Kier molecular flexibility index (Phi) is 4.89. The highest BCUT2D eigenvalue weighted by molar-refractivity contribution is 5.91. The van der Waals surface area contributed by atoms with E-state index in [2.05, 4.69) is 10.5 Å². The summed E-state index contributed by atoms with van der Waals surface area (Å²) in [7, 11) is 1.35. The van der Waals surface area contributed by atoms with Crippen molar-refractivity contribution in [2.75, 3.05) is 13.7 Å². The molecule has 1 atom stereocenters. The van der Waals surface area contributed by atoms with Gasteiger partial charge in [-0.3, -0.25) is 4.79 Å². The van der Waals surface area contributed by atoms with Gasteiger partial charge in [0.15, 0.2) is 0 Å². The van der Waals surface area contributed by atoms with Crippen LogP contribution in [0.5, 0.6) is 5.88 Å². The first-order chi connectivity index (χ1) is 10.8. The standard InChI is InChI=1S/C14H13F3N2O4/c1-22-12-6-11(23-19-12)13(21)18-10(7-20)8-2-4-9(5-3-8)14(15,16)17/h2-6,10,20H,7H2,1H3,(H,18,21)/t10-/m0/s1. The van der Waals surface area contributed by atoms with Crippen LogP contribution in [0.2, 0.25) is 0 Å². The number of amides is 1. The fourth-order valence-electron chi connectivity index (χ4n) is 1.83. The Labute approximate surface area is 128 Å². The van der Waals surface area contributed by atoms with E-state index in [1.807, 2.05) is 0 Å². The third-order valence-corrected chi connectivity index (χ3v) is 3.05. The third-order valence-electron chi connectivity index (χ3n) is 3.05. The Morgan fingerprint density at radius 1 is 1.39 bits per heavy atom. The molecular formula is C14H13F3N2O4. The van der Waals surface area contributed by atoms with E-state index < -0.39 is 30.3 Å². The highest BCUT2D eigenvalue weighted by atomic mass is 19.4. The molecule has 2 aromatic rings. The summed E-state index contributed by atoms with van der Waals surface area (Å²) in [6.45, 7) is -0.498. The minimum Gasteiger partial charge on any atom is -0.479 e. The van der Waals surface area contributed by atoms with Gasteiger partial charge in [0, 0.05) is 0 Å². The average Bonchev–Trinajstić information content (AvgIpc) is 3.01. The molecule has 0 aliphatic rings. The number of carbonyl (C=O) groups is 1. The van der Waals surface area contributed by atoms with Gasteiger partial charge >= 0.3 is 6.18 Å². The molecule has 124 valence electrons. The summed E-state index contributed by atoms with van der Waals surface area (Å²) in [6, 6.07) is 4.48. The Hall–Kier alpha value is -2.55. The van der Waals surface area contributed by atoms with Crippen LogP contribution in [-0.4, -0.2) is 29.9 Å². The summed E-state index contributed by atoms with van der Waals surface area (Å²) >= 11 is 0. The van der Waals surface area contributed by atoms with Crippen LogP contribution in [0.15, 0.2) is 34.9 Å². The van der Waals surface area contributed by atoms with Crippen LogP contribution in [0.3, 0.4) is 0 Å². The van der Waals surface area contributed by atoms with Gasteiger partial charge < -0.3 is 19.7 Å². The van der Waals surface area contributed by atoms with E-state index in [9.17, 15) is 23.1 Å². The van der Waals surface area contributed by atoms with Crippen LogP contribution in [0.4, 0.5) is 13.2 Å². The lowest BCUT2D eigenvalue weighted by molar-refractivity contribution is -0.137. The number of aliphatic hydroxyl groups excluding tert-OH is 1. The molecule has 1 aromatic carbocycles. The van der Waals surface area contributed by atoms with Crippen molar-refractivity contribution in [3.05, 3.63) is 47.2 Å². The first-order valence-corrected chi connectivity index (χ1v) is 6.44. The van der Waals surface area contributed by atoms with E-state index in [-0.39, 0.29) is 11.6 Å². The van der Waals surface area contributed by atoms with Gasteiger partial charge in [-0.15, -0.1) is 0 Å². The lowest BCUT2D eigenvalue weighted by Crippen LogP contribution is -2.30. The Morgan fingerprint density at radius 3 is 2.52 bits per heavy atom. The first-order valence-electron chi connectivity index (χ1n) is 6.44. The lowest BCUT2D eigenvalue weighted by atomic mass is 10.0. The van der Waals surface area contributed by atoms with Crippen molar-refractivity contribution in [1.82, 2.24) is 10.5 Å². The summed E-state index contributed by atoms with van der Waals surface area (Å²) in [6.07, 6.45) is -4.45. The predicted octanol–water partition coefficient (Wildman–Crippen LogP) is 2.17. The van der Waals surface area contributed by atoms with Gasteiger partial charge in [0.2, 0.25) is 5.76 Å². The molecular weight excluding hydrogens is 317 g/mol. The number of hydrogen-bond donors (Lipinski definition) is 2. The Balaban J connectivity index is 2.11. The minimum atomic E-state index is -4.45. The summed E-state index contributed by atoms with van der Waals surface area (Å²) in [4.78, 5) is 12.0. The largest absolute Gasteiger partial charge is 0.479 e. The van der Waals surface area contributed by atoms with Gasteiger partial charge in [-0.1, -0.05) is 12.1 Å². The van der Waals surface area contributed by atoms with Crippen molar-refractivity contribution in [2.45, 2.75) is 12.2 Å². The minimum absolute atomic E-state index is 0.102. The fourth-order valence-corrected chi connectivity index (χ4v) is 1.83. The number of hydrogen-bond acceptors (Lipinski definition) is 5. The van der Waals surface area contributed by atoms with Crippen LogP contribution in [0.25, 0.3) is 0 Å². The van der Waals surface area contributed by atoms with Gasteiger partial charge in [0.1, 0.15) is 0 Å². The highest BCUT2D eigenvalue weighted by Gasteiger charge is 2.30. The second-order valence-electron chi connectivity index (χ2n) is 4.56. The Bertz CT molecular complexity index is 667. The van der Waals surface area contributed by atoms with Crippen molar-refractivity contribution in [3.8, 4) is 5.88 Å². The molecule has 0 aliphatic carbocycles. The molecule has 23 heavy (non-hydrogen) atoms. The van der Waals surface area contributed by atoms with Crippen LogP contribution < -0.4 is 10.1 Å². The second kappa shape index (κ2) is 6.69. The monoisotopic (exact) mass is 330 g/mol. The van der Waals surface area contributed by atoms with Gasteiger partial charge in [0.25, 0.3) is 11.8 Å². The quantitative estimate of drug-likeness (QED) is 0.878. The van der Waals surface area contributed by atoms with Crippen molar-refractivity contribution in [2.24, 2.45) is 0 Å². The highest BCUT2D eigenvalue weighted by Crippen LogP contribution is 2.30. The lowest BCUT2D eigenvalue weighted by Gasteiger charge is -2.16. The number of halogens is 3. The van der Waals surface area contributed by atoms with Crippen molar-refractivity contribution >= 4 is 5.91 Å². The van der Waals surface area contributed by atoms with E-state index in [1.54, 1.807) is 0 Å². The van der Waals surface area contributed by atoms with Crippen LogP contribution in [0.1, 0.15) is 27.7 Å². The molecule has 1 aromatic heterocycles. The van der Waals surface area contributed by atoms with Crippen molar-refractivity contribution in [3.63, 3.8) is 0 Å². The zero-order valence-electron chi connectivity index (χ0n) is 11.9. The van der Waals surface area contributed by atoms with E-state index in [4.69, 9.17) is 9.26 Å². The number of nitrogens with one attached hydrogen (secondary N) is 1. The third kappa shape index (κ3) is 4.01. The molecule has 1 amide bonds. The molecule has 0 aliphatic heterocycles. The maximum atomic E-state index is 12.5. The molecule has 2 N–H and O–H groups in total. The number of nitrogens with zero attached hydrogens (tertiary/aromatic N) is 1. The van der Waals surface area contributed by atoms with Crippen molar-refractivity contribution in [1.29, 1.82) is 0 Å². The maximum Gasteiger partial charge on any atom is 0.416 e. The number of alkyl halides is 3. The normalized spacial score (nSPS) is 12.7. The average molecular weight is 330 g/mol. The molecule has 0 bridgehead atoms. The molecule has 0 spiro atoms. The molecule has 6 nitrogen and oxygen atoms in total. The van der Waals surface area contributed by atoms with Crippen molar-refractivity contribution < 1.29 is 32.3 Å². The number of aliphatic hydroxyl groups is 1. The maximum absolute atomic E-state index is 12.5. The summed E-state index contributed by atoms with van der Waals surface area (Å²) in [5, 5.41) is 15.2. The Morgan fingerprint density at radius 2 is 2.04 bits per heavy atom. The molecule has 0 unspecified atom stereocenters. The number of methoxy groups -OCH3 is 1. The SMILES string of the molecule is COc1cc(C(=O)N[C@@H](CO)c2ccc(C(F)(F)F)cc2)on1. The topological polar surface area (TPSA) is 84.6 Å². The van der Waals surface area contributed by atoms with E-state index in [0.717, 1.165) is 12.1 Å². The van der Waals surface area contributed by atoms with Gasteiger partial charge in [-0.05, 0) is 22.9 Å². The molecule has 0 radical (unpaired) electrons. The van der Waals surface area contributed by atoms with Gasteiger partial charge in [0.05, 0.1) is 31.4 Å². The van der Waals surface area contributed by atoms with Crippen LogP contribution >= 0.6 is 0 Å². The summed E-state index contributed by atoms with van der Waals surface area (Å²) < 4.78 is 47.1. The summed E-state index contributed by atoms with van der Waals surface area (Å²) in [5.74, 6) is -0.725. The molecule has 0 saturated carbocycles. The number of benzene rings is 1. The predicted molar refractivity (Wildman–Crippen MR) is 71.8 cm³/mol. The van der Waals surface area contributed by atoms with Gasteiger partial charge in [-0.25, -0.2) is 0 Å². The van der Waals surface area contributed by atoms with E-state index >= 15 is 0 Å². The number of rotatable bonds is 5. The molecule has 2 rings (SSSR count). The van der Waals surface area contributed by atoms with Crippen LogP contribution in [0, 0.1) is 0 Å². The number of aromatic nitrogens is 1. The molecule has 9 heteroatoms. The molecule has 0 fully saturated rings. The molecule has 0 saturated heterocycles.